The number of aliphatic hydroxyl groups excluding tert-OH is 5. The van der Waals surface area contributed by atoms with Gasteiger partial charge in [-0.2, -0.15) is 0 Å². The molecular weight excluding hydrogens is 460 g/mol. The number of aliphatic carboxylic acids is 1. The Morgan fingerprint density at radius 3 is 2.35 bits per heavy atom. The van der Waals surface area contributed by atoms with Gasteiger partial charge in [-0.3, -0.25) is 4.79 Å². The molecule has 10 N–H and O–H groups in total. The predicted molar refractivity (Wildman–Crippen MR) is 115 cm³/mol. The molecule has 1 heterocycles. The van der Waals surface area contributed by atoms with Crippen LogP contribution in [0.4, 0.5) is 0 Å². The van der Waals surface area contributed by atoms with Crippen molar-refractivity contribution in [2.45, 2.75) is 81.4 Å². The van der Waals surface area contributed by atoms with Crippen LogP contribution in [0.2, 0.25) is 0 Å². The smallest absolute Gasteiger partial charge is 0.303 e. The molecule has 0 aromatic rings. The van der Waals surface area contributed by atoms with Crippen LogP contribution in [0.25, 0.3) is 0 Å². The minimum absolute atomic E-state index is 0.0637. The number of carboxylic acid groups (broad SMARTS) is 1. The van der Waals surface area contributed by atoms with Gasteiger partial charge in [-0.15, -0.1) is 0 Å². The third-order valence-electron chi connectivity index (χ3n) is 5.23. The molecule has 14 heteroatoms. The second-order valence-electron chi connectivity index (χ2n) is 7.97. The fourth-order valence-corrected chi connectivity index (χ4v) is 3.19. The van der Waals surface area contributed by atoms with E-state index in [-0.39, 0.29) is 19.4 Å². The van der Waals surface area contributed by atoms with Gasteiger partial charge in [0.25, 0.3) is 0 Å². The second kappa shape index (κ2) is 16.6. The first-order valence-electron chi connectivity index (χ1n) is 11.3. The summed E-state index contributed by atoms with van der Waals surface area (Å²) in [6, 6.07) is -1.11. The molecule has 0 aromatic carbocycles. The van der Waals surface area contributed by atoms with Gasteiger partial charge in [0.15, 0.2) is 12.6 Å². The minimum Gasteiger partial charge on any atom is -0.481 e. The lowest BCUT2D eigenvalue weighted by molar-refractivity contribution is -0.334. The summed E-state index contributed by atoms with van der Waals surface area (Å²) >= 11 is 0. The molecule has 1 aliphatic heterocycles. The van der Waals surface area contributed by atoms with E-state index in [0.717, 1.165) is 0 Å². The van der Waals surface area contributed by atoms with E-state index in [9.17, 15) is 30.3 Å². The molecular formula is C20H40N2O12. The molecule has 0 aromatic heterocycles. The molecule has 14 nitrogen and oxygen atoms in total. The second-order valence-corrected chi connectivity index (χ2v) is 7.97. The summed E-state index contributed by atoms with van der Waals surface area (Å²) in [5.74, 6) is -1.01. The van der Waals surface area contributed by atoms with Crippen LogP contribution in [0.3, 0.4) is 0 Å². The predicted octanol–water partition coefficient (Wildman–Crippen LogP) is -3.53. The highest BCUT2D eigenvalue weighted by Gasteiger charge is 2.47. The van der Waals surface area contributed by atoms with Gasteiger partial charge in [0.05, 0.1) is 38.6 Å². The van der Waals surface area contributed by atoms with Gasteiger partial charge < -0.3 is 65.8 Å². The molecule has 1 fully saturated rings. The lowest BCUT2D eigenvalue weighted by atomic mass is 9.99. The van der Waals surface area contributed by atoms with Gasteiger partial charge in [-0.1, -0.05) is 0 Å². The van der Waals surface area contributed by atoms with Crippen LogP contribution in [-0.2, 0) is 28.5 Å². The van der Waals surface area contributed by atoms with Crippen molar-refractivity contribution in [3.8, 4) is 0 Å². The van der Waals surface area contributed by atoms with Gasteiger partial charge in [0, 0.05) is 13.0 Å². The first-order valence-corrected chi connectivity index (χ1v) is 11.3. The number of hydrogen-bond acceptors (Lipinski definition) is 13. The Balaban J connectivity index is 2.84. The maximum atomic E-state index is 10.6. The molecule has 4 unspecified atom stereocenters. The molecule has 0 saturated carbocycles. The van der Waals surface area contributed by atoms with Crippen LogP contribution >= 0.6 is 0 Å². The van der Waals surface area contributed by atoms with Gasteiger partial charge in [0.2, 0.25) is 0 Å². The van der Waals surface area contributed by atoms with Gasteiger partial charge in [0.1, 0.15) is 30.5 Å². The van der Waals surface area contributed by atoms with Crippen molar-refractivity contribution >= 4 is 5.97 Å². The van der Waals surface area contributed by atoms with E-state index in [4.69, 9.17) is 40.3 Å². The van der Waals surface area contributed by atoms with Crippen LogP contribution in [0.1, 0.15) is 26.2 Å². The SMILES string of the molecule is C[C@H](OCCCN)C(CO)O[C@@H](O[C@@H]1C(CO)O[C@@H](OCCCC(=O)O)C(O)C1O)[C@@H](N)CO. The monoisotopic (exact) mass is 500 g/mol. The molecule has 0 radical (unpaired) electrons. The molecule has 202 valence electrons. The molecule has 0 amide bonds. The Labute approximate surface area is 198 Å². The molecule has 34 heavy (non-hydrogen) atoms. The Bertz CT molecular complexity index is 558. The summed E-state index contributed by atoms with van der Waals surface area (Å²) in [6.45, 7) is 0.674. The molecule has 9 atom stereocenters. The van der Waals surface area contributed by atoms with Crippen LogP contribution in [-0.4, -0.2) is 131 Å². The van der Waals surface area contributed by atoms with Crippen molar-refractivity contribution in [3.05, 3.63) is 0 Å². The summed E-state index contributed by atoms with van der Waals surface area (Å²) in [5.41, 5.74) is 11.3. The third kappa shape index (κ3) is 9.93. The molecule has 0 bridgehead atoms. The normalized spacial score (nSPS) is 28.9. The lowest BCUT2D eigenvalue weighted by Gasteiger charge is -2.43. The lowest BCUT2D eigenvalue weighted by Crippen LogP contribution is -2.62. The van der Waals surface area contributed by atoms with Crippen molar-refractivity contribution in [2.24, 2.45) is 11.5 Å². The number of nitrogens with two attached hydrogens (primary N) is 2. The van der Waals surface area contributed by atoms with Gasteiger partial charge in [-0.25, -0.2) is 0 Å². The van der Waals surface area contributed by atoms with Crippen molar-refractivity contribution in [1.29, 1.82) is 0 Å². The van der Waals surface area contributed by atoms with Crippen LogP contribution < -0.4 is 11.5 Å². The first kappa shape index (κ1) is 31.0. The van der Waals surface area contributed by atoms with Crippen LogP contribution in [0.15, 0.2) is 0 Å². The minimum atomic E-state index is -1.61. The van der Waals surface area contributed by atoms with Gasteiger partial charge >= 0.3 is 5.97 Å². The van der Waals surface area contributed by atoms with Crippen LogP contribution in [0.5, 0.6) is 0 Å². The highest BCUT2D eigenvalue weighted by molar-refractivity contribution is 5.66. The van der Waals surface area contributed by atoms with Crippen molar-refractivity contribution < 1.29 is 59.1 Å². The number of hydrogen-bond donors (Lipinski definition) is 8. The molecule has 1 saturated heterocycles. The fourth-order valence-electron chi connectivity index (χ4n) is 3.19. The number of aliphatic hydroxyl groups is 5. The number of ether oxygens (including phenoxy) is 5. The highest BCUT2D eigenvalue weighted by atomic mass is 16.7. The maximum absolute atomic E-state index is 10.6. The Hall–Kier alpha value is -1.01. The summed E-state index contributed by atoms with van der Waals surface area (Å²) in [4.78, 5) is 10.6. The van der Waals surface area contributed by atoms with Crippen molar-refractivity contribution in [1.82, 2.24) is 0 Å². The van der Waals surface area contributed by atoms with Gasteiger partial charge in [-0.05, 0) is 26.3 Å². The average Bonchev–Trinajstić information content (AvgIpc) is 2.82. The van der Waals surface area contributed by atoms with E-state index in [1.165, 1.54) is 0 Å². The summed E-state index contributed by atoms with van der Waals surface area (Å²) in [7, 11) is 0. The Kier molecular flexibility index (Phi) is 15.2. The quantitative estimate of drug-likeness (QED) is 0.0672. The Morgan fingerprint density at radius 2 is 1.79 bits per heavy atom. The van der Waals surface area contributed by atoms with E-state index in [2.05, 4.69) is 0 Å². The topological polar surface area (TPSA) is 237 Å². The van der Waals surface area contributed by atoms with Crippen molar-refractivity contribution in [2.75, 3.05) is 39.6 Å². The standard InChI is InChI=1S/C20H40N2O12/c1-11(30-7-3-5-21)13(9-24)32-19(12(22)8-23)34-18-14(10-25)33-20(17(29)16(18)28)31-6-2-4-15(26)27/h11-14,16-20,23-25,28-29H,2-10,21-22H2,1H3,(H,26,27)/t11-,12-,13?,14?,16?,17?,18+,19-,20+/m0/s1. The zero-order valence-electron chi connectivity index (χ0n) is 19.3. The number of carboxylic acids is 1. The number of rotatable bonds is 18. The van der Waals surface area contributed by atoms with E-state index in [0.29, 0.717) is 19.6 Å². The number of carbonyl (C=O) groups is 1. The largest absolute Gasteiger partial charge is 0.481 e. The summed E-state index contributed by atoms with van der Waals surface area (Å²) < 4.78 is 27.8. The fraction of sp³-hybridized carbons (Fsp3) is 0.950. The third-order valence-corrected chi connectivity index (χ3v) is 5.23. The zero-order chi connectivity index (χ0) is 25.7. The molecule has 0 spiro atoms. The first-order chi connectivity index (χ1) is 16.2. The van der Waals surface area contributed by atoms with E-state index in [1.54, 1.807) is 6.92 Å². The van der Waals surface area contributed by atoms with Crippen molar-refractivity contribution in [3.63, 3.8) is 0 Å². The summed E-state index contributed by atoms with van der Waals surface area (Å²) in [5, 5.41) is 58.7. The van der Waals surface area contributed by atoms with E-state index >= 15 is 0 Å². The molecule has 1 aliphatic rings. The Morgan fingerprint density at radius 1 is 1.09 bits per heavy atom. The average molecular weight is 501 g/mol. The zero-order valence-corrected chi connectivity index (χ0v) is 19.3. The maximum Gasteiger partial charge on any atom is 0.303 e. The highest BCUT2D eigenvalue weighted by Crippen LogP contribution is 2.27. The van der Waals surface area contributed by atoms with E-state index < -0.39 is 81.0 Å². The van der Waals surface area contributed by atoms with Crippen LogP contribution in [0, 0.1) is 0 Å². The molecule has 0 aliphatic carbocycles. The summed E-state index contributed by atoms with van der Waals surface area (Å²) in [6.07, 6.45) is -9.36. The van der Waals surface area contributed by atoms with E-state index in [1.807, 2.05) is 0 Å². The molecule has 1 rings (SSSR count).